The Balaban J connectivity index is 1.16. The van der Waals surface area contributed by atoms with E-state index in [1.54, 1.807) is 90.1 Å². The second kappa shape index (κ2) is 16.5. The summed E-state index contributed by atoms with van der Waals surface area (Å²) in [5, 5.41) is 11.2. The van der Waals surface area contributed by atoms with E-state index in [0.717, 1.165) is 22.3 Å². The first-order valence-corrected chi connectivity index (χ1v) is 17.4. The molecule has 1 aliphatic carbocycles. The van der Waals surface area contributed by atoms with E-state index in [1.807, 2.05) is 36.4 Å². The third-order valence-corrected chi connectivity index (χ3v) is 7.72. The summed E-state index contributed by atoms with van der Waals surface area (Å²) in [6.45, 7) is 11.4. The number of ether oxygens (including phenoxy) is 4. The molecule has 0 unspecified atom stereocenters. The van der Waals surface area contributed by atoms with Gasteiger partial charge in [-0.25, -0.2) is 9.59 Å². The number of hydrogen-bond acceptors (Lipinski definition) is 8. The molecule has 0 aromatic heterocycles. The molecule has 0 saturated heterocycles. The molecule has 278 valence electrons. The second-order valence-corrected chi connectivity index (χ2v) is 14.4. The van der Waals surface area contributed by atoms with Crippen molar-refractivity contribution in [3.63, 3.8) is 0 Å². The van der Waals surface area contributed by atoms with Crippen molar-refractivity contribution in [2.75, 3.05) is 36.9 Å². The maximum absolute atomic E-state index is 13.3. The number of rotatable bonds is 12. The number of benzene rings is 4. The van der Waals surface area contributed by atoms with Crippen LogP contribution in [-0.4, -0.2) is 61.5 Å². The Labute approximate surface area is 309 Å². The van der Waals surface area contributed by atoms with E-state index in [2.05, 4.69) is 21.3 Å². The van der Waals surface area contributed by atoms with Crippen LogP contribution in [0.2, 0.25) is 0 Å². The minimum atomic E-state index is -0.604. The SMILES string of the molecule is CC(C)(C)OC(=O)NCCOc1ccccc1C(=O)Nc1ccc2c(c1)Cc1cc(NC(=O)c3ccccc3OCCNC(=O)OC(C)(C)C)ccc1-2. The smallest absolute Gasteiger partial charge is 0.407 e. The van der Waals surface area contributed by atoms with Crippen LogP contribution >= 0.6 is 0 Å². The van der Waals surface area contributed by atoms with Gasteiger partial charge in [-0.1, -0.05) is 36.4 Å². The van der Waals surface area contributed by atoms with Gasteiger partial charge in [0.05, 0.1) is 24.2 Å². The van der Waals surface area contributed by atoms with Crippen molar-refractivity contribution in [1.29, 1.82) is 0 Å². The van der Waals surface area contributed by atoms with Gasteiger partial charge in [0.25, 0.3) is 11.8 Å². The fourth-order valence-corrected chi connectivity index (χ4v) is 5.58. The van der Waals surface area contributed by atoms with Gasteiger partial charge in [-0.05, 0) is 119 Å². The Morgan fingerprint density at radius 2 is 0.962 bits per heavy atom. The third kappa shape index (κ3) is 11.0. The molecule has 4 aromatic carbocycles. The lowest BCUT2D eigenvalue weighted by atomic mass is 10.0. The van der Waals surface area contributed by atoms with Crippen molar-refractivity contribution in [1.82, 2.24) is 10.6 Å². The van der Waals surface area contributed by atoms with E-state index in [9.17, 15) is 19.2 Å². The van der Waals surface area contributed by atoms with Gasteiger partial charge in [-0.2, -0.15) is 0 Å². The zero-order valence-corrected chi connectivity index (χ0v) is 30.9. The molecule has 0 atom stereocenters. The molecule has 0 heterocycles. The molecule has 1 aliphatic rings. The largest absolute Gasteiger partial charge is 0.491 e. The van der Waals surface area contributed by atoms with Crippen LogP contribution in [0.25, 0.3) is 11.1 Å². The van der Waals surface area contributed by atoms with E-state index in [0.29, 0.717) is 40.4 Å². The monoisotopic (exact) mass is 722 g/mol. The van der Waals surface area contributed by atoms with E-state index in [-0.39, 0.29) is 38.1 Å². The predicted molar refractivity (Wildman–Crippen MR) is 203 cm³/mol. The molecule has 0 saturated carbocycles. The zero-order valence-electron chi connectivity index (χ0n) is 30.9. The van der Waals surface area contributed by atoms with Gasteiger partial charge in [0.1, 0.15) is 35.9 Å². The van der Waals surface area contributed by atoms with Crippen LogP contribution in [0.3, 0.4) is 0 Å². The van der Waals surface area contributed by atoms with Crippen molar-refractivity contribution in [3.8, 4) is 22.6 Å². The summed E-state index contributed by atoms with van der Waals surface area (Å²) in [5.74, 6) is 0.126. The van der Waals surface area contributed by atoms with Gasteiger partial charge in [-0.15, -0.1) is 0 Å². The van der Waals surface area contributed by atoms with Gasteiger partial charge in [0.2, 0.25) is 0 Å². The normalized spacial score (nSPS) is 11.7. The van der Waals surface area contributed by atoms with Crippen molar-refractivity contribution in [3.05, 3.63) is 107 Å². The quantitative estimate of drug-likeness (QED) is 0.0963. The molecule has 4 aromatic rings. The number of anilines is 2. The Kier molecular flexibility index (Phi) is 11.9. The number of para-hydroxylation sites is 2. The van der Waals surface area contributed by atoms with Gasteiger partial charge in [-0.3, -0.25) is 9.59 Å². The molecular weight excluding hydrogens is 676 g/mol. The van der Waals surface area contributed by atoms with Crippen LogP contribution in [0.4, 0.5) is 21.0 Å². The first kappa shape index (κ1) is 38.2. The van der Waals surface area contributed by atoms with Crippen LogP contribution in [0, 0.1) is 0 Å². The fourth-order valence-electron chi connectivity index (χ4n) is 5.58. The minimum absolute atomic E-state index is 0.151. The molecule has 53 heavy (non-hydrogen) atoms. The fraction of sp³-hybridized carbons (Fsp3) is 0.317. The lowest BCUT2D eigenvalue weighted by molar-refractivity contribution is 0.0509. The Hall–Kier alpha value is -6.04. The average molecular weight is 723 g/mol. The maximum Gasteiger partial charge on any atom is 0.407 e. The molecule has 4 N–H and O–H groups in total. The molecule has 5 rings (SSSR count). The minimum Gasteiger partial charge on any atom is -0.491 e. The van der Waals surface area contributed by atoms with Crippen molar-refractivity contribution < 1.29 is 38.1 Å². The standard InChI is InChI=1S/C41H46N4O8/c1-40(2,3)52-38(48)42-19-21-50-34-13-9-7-11-32(34)36(46)44-28-15-17-30-26(24-28)23-27-25-29(16-18-31(27)30)45-37(47)33-12-8-10-14-35(33)51-22-20-43-39(49)53-41(4,5)6/h7-18,24-25H,19-23H2,1-6H3,(H,42,48)(H,43,49)(H,44,46)(H,45,47). The van der Waals surface area contributed by atoms with Crippen LogP contribution < -0.4 is 30.7 Å². The lowest BCUT2D eigenvalue weighted by Crippen LogP contribution is -2.34. The summed E-state index contributed by atoms with van der Waals surface area (Å²) in [7, 11) is 0. The molecule has 12 nitrogen and oxygen atoms in total. The third-order valence-electron chi connectivity index (χ3n) is 7.72. The lowest BCUT2D eigenvalue weighted by Gasteiger charge is -2.19. The molecule has 0 aliphatic heterocycles. The summed E-state index contributed by atoms with van der Waals surface area (Å²) in [4.78, 5) is 50.5. The van der Waals surface area contributed by atoms with E-state index < -0.39 is 23.4 Å². The van der Waals surface area contributed by atoms with Crippen molar-refractivity contribution in [2.45, 2.75) is 59.2 Å². The van der Waals surface area contributed by atoms with E-state index in [4.69, 9.17) is 18.9 Å². The number of nitrogens with one attached hydrogen (secondary N) is 4. The van der Waals surface area contributed by atoms with Crippen LogP contribution in [-0.2, 0) is 15.9 Å². The highest BCUT2D eigenvalue weighted by Crippen LogP contribution is 2.39. The summed E-state index contributed by atoms with van der Waals surface area (Å²) in [5.41, 5.74) is 4.96. The van der Waals surface area contributed by atoms with Gasteiger partial charge in [0.15, 0.2) is 0 Å². The molecule has 0 fully saturated rings. The van der Waals surface area contributed by atoms with Gasteiger partial charge >= 0.3 is 12.2 Å². The van der Waals surface area contributed by atoms with Crippen molar-refractivity contribution in [2.24, 2.45) is 0 Å². The molecule has 12 heteroatoms. The van der Waals surface area contributed by atoms with Crippen LogP contribution in [0.15, 0.2) is 84.9 Å². The summed E-state index contributed by atoms with van der Waals surface area (Å²) in [6.07, 6.45) is -0.461. The second-order valence-electron chi connectivity index (χ2n) is 14.4. The number of carbonyl (C=O) groups is 4. The Morgan fingerprint density at radius 1 is 0.566 bits per heavy atom. The molecule has 0 bridgehead atoms. The molecule has 0 spiro atoms. The maximum atomic E-state index is 13.3. The number of carbonyl (C=O) groups excluding carboxylic acids is 4. The summed E-state index contributed by atoms with van der Waals surface area (Å²) < 4.78 is 22.1. The average Bonchev–Trinajstić information content (AvgIpc) is 3.44. The van der Waals surface area contributed by atoms with E-state index >= 15 is 0 Å². The molecule has 4 amide bonds. The topological polar surface area (TPSA) is 153 Å². The highest BCUT2D eigenvalue weighted by atomic mass is 16.6. The van der Waals surface area contributed by atoms with Gasteiger partial charge in [0, 0.05) is 11.4 Å². The summed E-state index contributed by atoms with van der Waals surface area (Å²) >= 11 is 0. The Bertz CT molecular complexity index is 1840. The predicted octanol–water partition coefficient (Wildman–Crippen LogP) is 7.57. The van der Waals surface area contributed by atoms with E-state index in [1.165, 1.54) is 0 Å². The number of amides is 4. The highest BCUT2D eigenvalue weighted by molar-refractivity contribution is 6.07. The first-order chi connectivity index (χ1) is 25.1. The first-order valence-electron chi connectivity index (χ1n) is 17.4. The Morgan fingerprint density at radius 3 is 1.36 bits per heavy atom. The summed E-state index contributed by atoms with van der Waals surface area (Å²) in [6, 6.07) is 25.4. The van der Waals surface area contributed by atoms with Gasteiger partial charge < -0.3 is 40.2 Å². The number of hydrogen-bond donors (Lipinski definition) is 4. The number of fused-ring (bicyclic) bond motifs is 3. The van der Waals surface area contributed by atoms with Crippen LogP contribution in [0.5, 0.6) is 11.5 Å². The zero-order chi connectivity index (χ0) is 38.2. The van der Waals surface area contributed by atoms with Crippen molar-refractivity contribution >= 4 is 35.4 Å². The highest BCUT2D eigenvalue weighted by Gasteiger charge is 2.22. The number of alkyl carbamates (subject to hydrolysis) is 2. The molecule has 0 radical (unpaired) electrons. The molecular formula is C41H46N4O8. The van der Waals surface area contributed by atoms with Crippen LogP contribution in [0.1, 0.15) is 73.4 Å².